The van der Waals surface area contributed by atoms with E-state index in [1.807, 2.05) is 6.66 Å². The molecule has 0 heterocycles. The summed E-state index contributed by atoms with van der Waals surface area (Å²) in [5.41, 5.74) is 3.44. The Hall–Kier alpha value is -2.15. The molecule has 2 aliphatic rings. The molecule has 0 atom stereocenters. The zero-order chi connectivity index (χ0) is 23.8. The fourth-order valence-electron chi connectivity index (χ4n) is 2.75. The first-order valence-electron chi connectivity index (χ1n) is 10.4. The Labute approximate surface area is 196 Å². The molecule has 0 fully saturated rings. The zero-order valence-corrected chi connectivity index (χ0v) is 22.0. The molecule has 2 N–H and O–H groups in total. The second-order valence-corrected chi connectivity index (χ2v) is 12.3. The Balaban J connectivity index is 0.000000620. The van der Waals surface area contributed by atoms with Crippen molar-refractivity contribution in [1.82, 2.24) is 0 Å². The predicted molar refractivity (Wildman–Crippen MR) is 114 cm³/mol. The van der Waals surface area contributed by atoms with Crippen molar-refractivity contribution in [3.05, 3.63) is 66.8 Å². The van der Waals surface area contributed by atoms with Gasteiger partial charge >= 0.3 is 130 Å². The number of unbranched alkanes of at least 4 members (excludes halogenated alkanes) is 2. The van der Waals surface area contributed by atoms with Crippen molar-refractivity contribution < 1.29 is 52.9 Å². The van der Waals surface area contributed by atoms with Crippen LogP contribution in [-0.4, -0.2) is 22.2 Å². The molecule has 0 radical (unpaired) electrons. The minimum atomic E-state index is -1.63. The molecular weight excluding hydrogens is 563 g/mol. The van der Waals surface area contributed by atoms with Crippen molar-refractivity contribution in [1.29, 1.82) is 0 Å². The van der Waals surface area contributed by atoms with Crippen LogP contribution in [-0.2, 0) is 32.5 Å². The molecule has 31 heavy (non-hydrogen) atoms. The van der Waals surface area contributed by atoms with Gasteiger partial charge in [-0.15, -0.1) is 0 Å². The van der Waals surface area contributed by atoms with Crippen molar-refractivity contribution in [2.24, 2.45) is 0 Å². The van der Waals surface area contributed by atoms with E-state index in [1.165, 1.54) is 51.4 Å². The van der Waals surface area contributed by atoms with Gasteiger partial charge in [-0.2, -0.15) is 0 Å². The molecule has 0 amide bonds. The number of hydrogen-bond donors (Lipinski definition) is 2. The third-order valence-electron chi connectivity index (χ3n) is 4.43. The van der Waals surface area contributed by atoms with Crippen molar-refractivity contribution in [3.63, 3.8) is 0 Å². The third-order valence-corrected chi connectivity index (χ3v) is 10.4. The summed E-state index contributed by atoms with van der Waals surface area (Å²) in [6.45, 7) is 9.89. The summed E-state index contributed by atoms with van der Waals surface area (Å²) in [5, 5.41) is 34.0. The quantitative estimate of drug-likeness (QED) is 0.227. The van der Waals surface area contributed by atoms with Gasteiger partial charge in [0.2, 0.25) is 0 Å². The van der Waals surface area contributed by atoms with E-state index in [2.05, 4.69) is 51.3 Å². The maximum atomic E-state index is 9.24. The van der Waals surface area contributed by atoms with Gasteiger partial charge in [-0.05, 0) is 0 Å². The number of aliphatic carboxylic acids is 2. The van der Waals surface area contributed by atoms with Crippen LogP contribution in [0.15, 0.2) is 66.8 Å². The Morgan fingerprint density at radius 3 is 1.45 bits per heavy atom. The molecule has 168 valence electrons. The normalized spacial score (nSPS) is 13.7. The van der Waals surface area contributed by atoms with Gasteiger partial charge < -0.3 is 30.0 Å². The Morgan fingerprint density at radius 2 is 1.19 bits per heavy atom. The van der Waals surface area contributed by atoms with E-state index in [-0.39, 0.29) is 0 Å². The second kappa shape index (κ2) is 16.5. The van der Waals surface area contributed by atoms with Crippen LogP contribution >= 0.6 is 0 Å². The summed E-state index contributed by atoms with van der Waals surface area (Å²) in [6.07, 6.45) is 20.3. The molecule has 0 aromatic heterocycles. The number of carboxylic acid groups (broad SMARTS) is 2. The second-order valence-electron chi connectivity index (χ2n) is 7.02. The molecule has 0 aromatic carbocycles. The number of carbonyl (C=O) groups excluding carboxylic acids is 2. The van der Waals surface area contributed by atoms with E-state index in [0.717, 1.165) is 0 Å². The maximum absolute atomic E-state index is 9.24. The number of aliphatic hydroxyl groups is 2. The van der Waals surface area contributed by atoms with Crippen LogP contribution in [0.5, 0.6) is 0 Å². The molecule has 0 bridgehead atoms. The van der Waals surface area contributed by atoms with Gasteiger partial charge in [0.05, 0.1) is 0 Å². The topological polar surface area (TPSA) is 121 Å². The summed E-state index contributed by atoms with van der Waals surface area (Å²) >= 11 is -0.707. The SMILES string of the molecule is C=C(O)C(=O)[O-].C=C(O)C(=O)[O-].CCCCC1=[C]([Hf+2][C]2=C(CCCC)C=CC2)CC=C1. The van der Waals surface area contributed by atoms with Crippen molar-refractivity contribution in [2.75, 3.05) is 0 Å². The fourth-order valence-corrected chi connectivity index (χ4v) is 8.29. The molecule has 7 heteroatoms. The van der Waals surface area contributed by atoms with Gasteiger partial charge in [0.15, 0.2) is 0 Å². The Bertz CT molecular complexity index is 683. The van der Waals surface area contributed by atoms with Crippen LogP contribution in [0.3, 0.4) is 0 Å². The van der Waals surface area contributed by atoms with Crippen molar-refractivity contribution >= 4 is 11.9 Å². The molecule has 0 saturated heterocycles. The van der Waals surface area contributed by atoms with E-state index in [4.69, 9.17) is 10.2 Å². The van der Waals surface area contributed by atoms with Gasteiger partial charge in [0.1, 0.15) is 23.5 Å². The molecule has 2 rings (SSSR count). The van der Waals surface area contributed by atoms with E-state index in [1.54, 1.807) is 11.1 Å². The first-order valence-corrected chi connectivity index (χ1v) is 14.0. The monoisotopic (exact) mass is 596 g/mol. The van der Waals surface area contributed by atoms with Crippen LogP contribution in [0.2, 0.25) is 0 Å². The summed E-state index contributed by atoms with van der Waals surface area (Å²) < 4.78 is 3.78. The van der Waals surface area contributed by atoms with E-state index in [9.17, 15) is 19.8 Å². The molecule has 0 saturated carbocycles. The van der Waals surface area contributed by atoms with Crippen molar-refractivity contribution in [3.8, 4) is 0 Å². The van der Waals surface area contributed by atoms with Gasteiger partial charge in [-0.3, -0.25) is 0 Å². The number of hydrogen-bond acceptors (Lipinski definition) is 6. The number of allylic oxidation sites excluding steroid dienone is 8. The van der Waals surface area contributed by atoms with E-state index < -0.39 is 46.4 Å². The molecule has 0 aromatic rings. The van der Waals surface area contributed by atoms with E-state index >= 15 is 0 Å². The molecule has 6 nitrogen and oxygen atoms in total. The number of carbonyl (C=O) groups is 2. The van der Waals surface area contributed by atoms with Gasteiger partial charge in [-0.25, -0.2) is 0 Å². The molecule has 0 aliphatic heterocycles. The van der Waals surface area contributed by atoms with Crippen molar-refractivity contribution in [2.45, 2.75) is 65.2 Å². The number of carboxylic acids is 2. The zero-order valence-electron chi connectivity index (χ0n) is 18.4. The molecular formula is C24H32HfO6. The number of rotatable bonds is 10. The molecule has 0 unspecified atom stereocenters. The average Bonchev–Trinajstić information content (AvgIpc) is 3.35. The Kier molecular flexibility index (Phi) is 15.4. The van der Waals surface area contributed by atoms with E-state index in [0.29, 0.717) is 0 Å². The molecule has 2 aliphatic carbocycles. The fraction of sp³-hybridized carbons (Fsp3) is 0.417. The Morgan fingerprint density at radius 1 is 0.871 bits per heavy atom. The first-order chi connectivity index (χ1) is 14.6. The van der Waals surface area contributed by atoms with Crippen LogP contribution in [0.25, 0.3) is 0 Å². The summed E-state index contributed by atoms with van der Waals surface area (Å²) in [4.78, 5) is 18.5. The van der Waals surface area contributed by atoms with Gasteiger partial charge in [-0.1, -0.05) is 13.2 Å². The van der Waals surface area contributed by atoms with Gasteiger partial charge in [0, 0.05) is 0 Å². The summed E-state index contributed by atoms with van der Waals surface area (Å²) in [5.74, 6) is -5.13. The predicted octanol–water partition coefficient (Wildman–Crippen LogP) is 3.49. The first kappa shape index (κ1) is 28.9. The summed E-state index contributed by atoms with van der Waals surface area (Å²) in [6, 6.07) is 0. The average molecular weight is 595 g/mol. The summed E-state index contributed by atoms with van der Waals surface area (Å²) in [7, 11) is 0. The van der Waals surface area contributed by atoms with Crippen LogP contribution in [0, 0.1) is 0 Å². The van der Waals surface area contributed by atoms with Crippen LogP contribution in [0.1, 0.15) is 65.2 Å². The molecule has 0 spiro atoms. The van der Waals surface area contributed by atoms with Crippen LogP contribution in [0.4, 0.5) is 0 Å². The minimum absolute atomic E-state index is 0.707. The standard InChI is InChI=1S/2C9H13.2C3H4O3.Hf/c2*1-2-3-6-9-7-4-5-8-9;2*1-2(4)3(5)6;/h2*4,7H,2-3,5-6H2,1H3;2*4H,1H2,(H,5,6);/q;;;;+2/p-2. The van der Waals surface area contributed by atoms with Crippen LogP contribution < -0.4 is 10.2 Å². The van der Waals surface area contributed by atoms with Gasteiger partial charge in [0.25, 0.3) is 0 Å². The third kappa shape index (κ3) is 13.0. The number of aliphatic hydroxyl groups excluding tert-OH is 2.